The summed E-state index contributed by atoms with van der Waals surface area (Å²) >= 11 is 1.75. The number of amides is 2. The summed E-state index contributed by atoms with van der Waals surface area (Å²) in [6.45, 7) is 2.07. The second-order valence-electron chi connectivity index (χ2n) is 6.16. The van der Waals surface area contributed by atoms with Gasteiger partial charge in [-0.1, -0.05) is 42.0 Å². The Hall–Kier alpha value is -3.05. The molecule has 5 heteroatoms. The van der Waals surface area contributed by atoms with Gasteiger partial charge in [-0.2, -0.15) is 0 Å². The van der Waals surface area contributed by atoms with Gasteiger partial charge >= 0.3 is 0 Å². The molecule has 27 heavy (non-hydrogen) atoms. The second-order valence-corrected chi connectivity index (χ2v) is 7.21. The fourth-order valence-corrected chi connectivity index (χ4v) is 3.41. The van der Waals surface area contributed by atoms with E-state index in [9.17, 15) is 9.59 Å². The molecule has 3 aromatic carbocycles. The number of carbonyl (C=O) groups excluding carboxylic acids is 2. The summed E-state index contributed by atoms with van der Waals surface area (Å²) in [6.07, 6.45) is 0. The van der Waals surface area contributed by atoms with Crippen molar-refractivity contribution >= 4 is 29.3 Å². The van der Waals surface area contributed by atoms with Crippen molar-refractivity contribution in [2.75, 3.05) is 5.32 Å². The molecule has 0 radical (unpaired) electrons. The maximum atomic E-state index is 12.4. The van der Waals surface area contributed by atoms with E-state index < -0.39 is 5.91 Å². The normalized spacial score (nSPS) is 10.4. The van der Waals surface area contributed by atoms with Crippen LogP contribution in [0.3, 0.4) is 0 Å². The van der Waals surface area contributed by atoms with E-state index in [-0.39, 0.29) is 11.5 Å². The molecule has 0 saturated heterocycles. The van der Waals surface area contributed by atoms with Crippen LogP contribution in [0, 0.1) is 6.92 Å². The van der Waals surface area contributed by atoms with Crippen LogP contribution >= 0.6 is 11.8 Å². The van der Waals surface area contributed by atoms with Crippen molar-refractivity contribution in [2.24, 2.45) is 5.73 Å². The fraction of sp³-hybridized carbons (Fsp3) is 0.0909. The number of thioether (sulfide) groups is 1. The zero-order valence-electron chi connectivity index (χ0n) is 14.9. The zero-order chi connectivity index (χ0) is 19.2. The van der Waals surface area contributed by atoms with Crippen molar-refractivity contribution in [3.05, 3.63) is 95.1 Å². The molecule has 0 spiro atoms. The summed E-state index contributed by atoms with van der Waals surface area (Å²) in [5.74, 6) is -0.0223. The monoisotopic (exact) mass is 376 g/mol. The number of hydrogen-bond donors (Lipinski definition) is 2. The van der Waals surface area contributed by atoms with E-state index in [4.69, 9.17) is 5.73 Å². The summed E-state index contributed by atoms with van der Waals surface area (Å²) in [4.78, 5) is 25.1. The van der Waals surface area contributed by atoms with Crippen molar-refractivity contribution < 1.29 is 9.59 Å². The molecule has 0 unspecified atom stereocenters. The fourth-order valence-electron chi connectivity index (χ4n) is 2.55. The predicted molar refractivity (Wildman–Crippen MR) is 110 cm³/mol. The van der Waals surface area contributed by atoms with Crippen molar-refractivity contribution in [3.8, 4) is 0 Å². The molecule has 0 aliphatic carbocycles. The van der Waals surface area contributed by atoms with Crippen LogP contribution in [0.25, 0.3) is 0 Å². The number of rotatable bonds is 6. The van der Waals surface area contributed by atoms with E-state index in [1.54, 1.807) is 48.2 Å². The van der Waals surface area contributed by atoms with Gasteiger partial charge in [0.05, 0.1) is 11.3 Å². The average molecular weight is 376 g/mol. The van der Waals surface area contributed by atoms with Gasteiger partial charge in [0.15, 0.2) is 0 Å². The van der Waals surface area contributed by atoms with Gasteiger partial charge in [-0.25, -0.2) is 0 Å². The number of nitrogens with two attached hydrogens (primary N) is 1. The predicted octanol–water partition coefficient (Wildman–Crippen LogP) is 4.64. The van der Waals surface area contributed by atoms with Crippen LogP contribution in [0.2, 0.25) is 0 Å². The number of primary amides is 1. The summed E-state index contributed by atoms with van der Waals surface area (Å²) in [5, 5.41) is 2.75. The van der Waals surface area contributed by atoms with E-state index in [0.717, 1.165) is 11.3 Å². The van der Waals surface area contributed by atoms with E-state index in [2.05, 4.69) is 36.5 Å². The summed E-state index contributed by atoms with van der Waals surface area (Å²) in [7, 11) is 0. The van der Waals surface area contributed by atoms with Gasteiger partial charge in [0.25, 0.3) is 11.8 Å². The maximum absolute atomic E-state index is 12.4. The summed E-state index contributed by atoms with van der Waals surface area (Å²) in [6, 6.07) is 22.6. The molecule has 0 aromatic heterocycles. The van der Waals surface area contributed by atoms with Crippen LogP contribution in [0.1, 0.15) is 31.8 Å². The topological polar surface area (TPSA) is 72.2 Å². The van der Waals surface area contributed by atoms with Crippen LogP contribution in [0.4, 0.5) is 5.69 Å². The van der Waals surface area contributed by atoms with Crippen molar-refractivity contribution in [2.45, 2.75) is 17.6 Å². The van der Waals surface area contributed by atoms with E-state index in [1.807, 2.05) is 12.1 Å². The van der Waals surface area contributed by atoms with E-state index >= 15 is 0 Å². The van der Waals surface area contributed by atoms with Crippen molar-refractivity contribution in [1.29, 1.82) is 0 Å². The van der Waals surface area contributed by atoms with Crippen molar-refractivity contribution in [3.63, 3.8) is 0 Å². The first-order valence-electron chi connectivity index (χ1n) is 8.51. The average Bonchev–Trinajstić information content (AvgIpc) is 2.68. The molecule has 0 fully saturated rings. The molecular formula is C22H20N2O2S. The Balaban J connectivity index is 1.64. The zero-order valence-corrected chi connectivity index (χ0v) is 15.8. The molecule has 3 rings (SSSR count). The third-order valence-corrected chi connectivity index (χ3v) is 5.17. The Morgan fingerprint density at radius 2 is 1.59 bits per heavy atom. The van der Waals surface area contributed by atoms with Crippen molar-refractivity contribution in [1.82, 2.24) is 0 Å². The summed E-state index contributed by atoms with van der Waals surface area (Å²) in [5.41, 5.74) is 8.95. The van der Waals surface area contributed by atoms with E-state index in [1.165, 1.54) is 10.5 Å². The number of hydrogen-bond acceptors (Lipinski definition) is 3. The maximum Gasteiger partial charge on any atom is 0.255 e. The third kappa shape index (κ3) is 4.99. The first kappa shape index (κ1) is 18.7. The molecule has 4 nitrogen and oxygen atoms in total. The van der Waals surface area contributed by atoms with Crippen LogP contribution in [-0.4, -0.2) is 11.8 Å². The highest BCUT2D eigenvalue weighted by Gasteiger charge is 2.11. The van der Waals surface area contributed by atoms with Gasteiger partial charge < -0.3 is 11.1 Å². The molecule has 0 heterocycles. The highest BCUT2D eigenvalue weighted by atomic mass is 32.2. The van der Waals surface area contributed by atoms with Gasteiger partial charge in [0, 0.05) is 16.2 Å². The number of benzene rings is 3. The molecule has 0 saturated carbocycles. The second kappa shape index (κ2) is 8.56. The van der Waals surface area contributed by atoms with Crippen LogP contribution in [0.5, 0.6) is 0 Å². The van der Waals surface area contributed by atoms with Gasteiger partial charge in [0.2, 0.25) is 0 Å². The largest absolute Gasteiger partial charge is 0.366 e. The smallest absolute Gasteiger partial charge is 0.255 e. The number of anilines is 1. The Labute approximate surface area is 162 Å². The number of para-hydroxylation sites is 1. The first-order valence-corrected chi connectivity index (χ1v) is 9.50. The molecule has 0 atom stereocenters. The Kier molecular flexibility index (Phi) is 5.94. The molecule has 3 aromatic rings. The standard InChI is InChI=1S/C22H20N2O2S/c1-15-6-12-18(13-7-15)27-14-16-8-10-17(11-9-16)22(26)24-20-5-3-2-4-19(20)21(23)25/h2-13H,14H2,1H3,(H2,23,25)(H,24,26). The highest BCUT2D eigenvalue weighted by molar-refractivity contribution is 7.98. The van der Waals surface area contributed by atoms with Gasteiger partial charge in [-0.05, 0) is 48.9 Å². The molecule has 0 aliphatic rings. The third-order valence-electron chi connectivity index (χ3n) is 4.08. The Bertz CT molecular complexity index is 951. The highest BCUT2D eigenvalue weighted by Crippen LogP contribution is 2.23. The molecular weight excluding hydrogens is 356 g/mol. The van der Waals surface area contributed by atoms with Crippen LogP contribution in [0.15, 0.2) is 77.7 Å². The molecule has 2 amide bonds. The lowest BCUT2D eigenvalue weighted by Gasteiger charge is -2.09. The lowest BCUT2D eigenvalue weighted by molar-refractivity contribution is 0.100. The molecule has 0 aliphatic heterocycles. The van der Waals surface area contributed by atoms with Gasteiger partial charge in [-0.3, -0.25) is 9.59 Å². The molecule has 0 bridgehead atoms. The van der Waals surface area contributed by atoms with Crippen LogP contribution < -0.4 is 11.1 Å². The van der Waals surface area contributed by atoms with Crippen LogP contribution in [-0.2, 0) is 5.75 Å². The lowest BCUT2D eigenvalue weighted by Crippen LogP contribution is -2.18. The van der Waals surface area contributed by atoms with Gasteiger partial charge in [-0.15, -0.1) is 11.8 Å². The SMILES string of the molecule is Cc1ccc(SCc2ccc(C(=O)Nc3ccccc3C(N)=O)cc2)cc1. The first-order chi connectivity index (χ1) is 13.0. The minimum Gasteiger partial charge on any atom is -0.366 e. The van der Waals surface area contributed by atoms with Gasteiger partial charge in [0.1, 0.15) is 0 Å². The quantitative estimate of drug-likeness (QED) is 0.616. The minimum absolute atomic E-state index is 0.276. The Morgan fingerprint density at radius 3 is 2.26 bits per heavy atom. The molecule has 136 valence electrons. The molecule has 3 N–H and O–H groups in total. The van der Waals surface area contributed by atoms with E-state index in [0.29, 0.717) is 11.3 Å². The number of carbonyl (C=O) groups is 2. The number of nitrogens with one attached hydrogen (secondary N) is 1. The Morgan fingerprint density at radius 1 is 0.926 bits per heavy atom. The lowest BCUT2D eigenvalue weighted by atomic mass is 10.1. The summed E-state index contributed by atoms with van der Waals surface area (Å²) < 4.78 is 0. The minimum atomic E-state index is -0.575. The number of aryl methyl sites for hydroxylation is 1.